The molecule has 4 aromatic heterocycles. The van der Waals surface area contributed by atoms with Crippen LogP contribution >= 0.6 is 22.7 Å². The van der Waals surface area contributed by atoms with Gasteiger partial charge in [0.2, 0.25) is 12.4 Å². The smallest absolute Gasteiger partial charge is 0.442 e. The summed E-state index contributed by atoms with van der Waals surface area (Å²) in [7, 11) is -5.39. The number of hydrogen-bond acceptors (Lipinski definition) is 28. The van der Waals surface area contributed by atoms with E-state index >= 15 is 0 Å². The highest BCUT2D eigenvalue weighted by Crippen LogP contribution is 2.37. The molecule has 0 aliphatic carbocycles. The molecule has 16 N–H and O–H groups in total. The molecule has 97 heavy (non-hydrogen) atoms. The van der Waals surface area contributed by atoms with E-state index in [1.165, 1.54) is 38.5 Å². The number of hydrogen-bond donors (Lipinski definition) is 12. The van der Waals surface area contributed by atoms with Crippen molar-refractivity contribution in [2.75, 3.05) is 63.9 Å². The Bertz CT molecular complexity index is 3760. The van der Waals surface area contributed by atoms with Crippen LogP contribution in [-0.2, 0) is 83.6 Å². The highest BCUT2D eigenvalue weighted by Gasteiger charge is 2.61. The monoisotopic (exact) mass is 1410 g/mol. The molecule has 0 saturated carbocycles. The maximum atomic E-state index is 14.0. The number of aliphatic hydroxyl groups excluding tert-OH is 2. The van der Waals surface area contributed by atoms with Crippen LogP contribution in [0.1, 0.15) is 39.1 Å². The number of amides is 4. The molecule has 520 valence electrons. The number of β-lactam (4-membered cyclic amide) rings is 2. The highest BCUT2D eigenvalue weighted by atomic mass is 32.3. The van der Waals surface area contributed by atoms with Crippen LogP contribution in [-0.4, -0.2) is 205 Å². The van der Waals surface area contributed by atoms with Gasteiger partial charge in [-0.25, -0.2) is 19.6 Å². The first-order chi connectivity index (χ1) is 46.1. The molecule has 8 heterocycles. The van der Waals surface area contributed by atoms with Crippen LogP contribution in [0.25, 0.3) is 22.3 Å². The van der Waals surface area contributed by atoms with Crippen molar-refractivity contribution in [3.63, 3.8) is 0 Å². The van der Waals surface area contributed by atoms with Crippen molar-refractivity contribution in [3.05, 3.63) is 95.5 Å². The first kappa shape index (κ1) is 70.5. The molecule has 39 heteroatoms. The number of carbonyl (C=O) groups is 6. The fraction of sp³-hybridized carbons (Fsp3) is 0.448. The van der Waals surface area contributed by atoms with Crippen LogP contribution in [0.4, 0.5) is 10.3 Å². The number of nitrogens with one attached hydrogen (secondary N) is 4. The maximum Gasteiger partial charge on any atom is 0.442 e. The number of aliphatic hydroxyl groups is 2. The number of nitrogen functional groups attached to an aromatic ring is 2. The number of nitrogens with two attached hydrogens (primary N) is 4. The van der Waals surface area contributed by atoms with Crippen molar-refractivity contribution in [1.29, 1.82) is 0 Å². The molecule has 36 nitrogen and oxygen atoms in total. The number of benzene rings is 2. The van der Waals surface area contributed by atoms with Crippen molar-refractivity contribution in [1.82, 2.24) is 50.7 Å². The third-order valence-corrected chi connectivity index (χ3v) is 18.3. The summed E-state index contributed by atoms with van der Waals surface area (Å²) in [5.41, 5.74) is 21.4. The number of oxime groups is 2. The Hall–Kier alpha value is -9.29. The van der Waals surface area contributed by atoms with E-state index in [4.69, 9.17) is 50.7 Å². The molecule has 4 aliphatic rings. The first-order valence-electron chi connectivity index (χ1n) is 30.2. The highest BCUT2D eigenvalue weighted by molar-refractivity contribution is 7.81. The van der Waals surface area contributed by atoms with Gasteiger partial charge in [0, 0.05) is 61.9 Å². The molecule has 0 unspecified atom stereocenters. The number of nitrogens with zero attached hydrogens (tertiary/aromatic N) is 10. The van der Waals surface area contributed by atoms with Gasteiger partial charge in [-0.1, -0.05) is 34.6 Å². The summed E-state index contributed by atoms with van der Waals surface area (Å²) in [6.45, 7) is 9.71. The Balaban J connectivity index is 0.730. The average Bonchev–Trinajstić information content (AvgIpc) is 1.72. The lowest BCUT2D eigenvalue weighted by Crippen LogP contribution is -2.78. The first-order valence-corrected chi connectivity index (χ1v) is 33.3. The van der Waals surface area contributed by atoms with E-state index in [0.717, 1.165) is 84.2 Å². The number of anilines is 2. The lowest BCUT2D eigenvalue weighted by atomic mass is 9.84. The van der Waals surface area contributed by atoms with Crippen molar-refractivity contribution in [2.24, 2.45) is 33.6 Å². The molecule has 4 saturated heterocycles. The van der Waals surface area contributed by atoms with Gasteiger partial charge in [0.05, 0.1) is 46.8 Å². The number of carbonyl (C=O) groups excluding carboxylic acids is 4. The van der Waals surface area contributed by atoms with Crippen molar-refractivity contribution in [3.8, 4) is 33.8 Å². The zero-order valence-corrected chi connectivity index (χ0v) is 55.1. The van der Waals surface area contributed by atoms with E-state index < -0.39 is 118 Å². The van der Waals surface area contributed by atoms with Gasteiger partial charge in [0.1, 0.15) is 61.3 Å². The van der Waals surface area contributed by atoms with Crippen LogP contribution in [0.3, 0.4) is 0 Å². The average molecular weight is 1410 g/mol. The normalized spacial score (nSPS) is 19.1. The predicted octanol–water partition coefficient (Wildman–Crippen LogP) is -3.12. The van der Waals surface area contributed by atoms with Gasteiger partial charge in [-0.15, -0.1) is 40.6 Å². The van der Waals surface area contributed by atoms with Gasteiger partial charge >= 0.3 is 22.3 Å². The van der Waals surface area contributed by atoms with Crippen LogP contribution in [0.5, 0.6) is 11.5 Å². The van der Waals surface area contributed by atoms with E-state index in [-0.39, 0.29) is 59.3 Å². The number of thiazole rings is 2. The zero-order chi connectivity index (χ0) is 69.7. The Morgan fingerprint density at radius 1 is 0.649 bits per heavy atom. The fourth-order valence-corrected chi connectivity index (χ4v) is 12.4. The Morgan fingerprint density at radius 3 is 1.32 bits per heavy atom. The summed E-state index contributed by atoms with van der Waals surface area (Å²) in [6, 6.07) is 10.4. The molecule has 0 radical (unpaired) electrons. The molecule has 0 bridgehead atoms. The molecule has 4 amide bonds. The lowest BCUT2D eigenvalue weighted by molar-refractivity contribution is -0.781. The standard InChI is InChI=1S/C58H72N18O18S3/c1-57(2)47(67-49(79)45(41-29-95-55(61)65-41)69-91-43(53(83)84)27-89-39-9-5-33(6-10-39)35-21-71(19-31-15-63-16-31)73(23-35)25-37(77)13-59)51(81)75(57)93-97(87,88)94-76-52(82)48(58(76,3)4)68-50(80)46(42-30-96-56(62)66-42)70-92-44(54(85)86)28-90-40-11-7-34(8-12-40)36-22-72(20-32-17-64-18-32)74(24-36)26-38(78)14-60/h5-12,21-24,29-32,37-38,43-44,47-48,63-64,77-78H,13-20,25-28,59-60H2,1-4H3,(H6-2,61,62,65,66,67,68,79,80,83,84,85,86)/p+2/b69-45-,70-46-/t37-,38-,43-,44-,47+,48+/m0/s1. The fourth-order valence-electron chi connectivity index (χ4n) is 10.4. The Labute approximate surface area is 561 Å². The van der Waals surface area contributed by atoms with Gasteiger partial charge in [0.15, 0.2) is 34.8 Å². The molecule has 0 spiro atoms. The number of rotatable bonds is 34. The molecule has 6 atom stereocenters. The molecular weight excluding hydrogens is 1330 g/mol. The second-order valence-electron chi connectivity index (χ2n) is 24.2. The van der Waals surface area contributed by atoms with Crippen molar-refractivity contribution in [2.45, 2.75) is 101 Å². The minimum absolute atomic E-state index is 0.0236. The predicted molar refractivity (Wildman–Crippen MR) is 342 cm³/mol. The topological polar surface area (TPSA) is 500 Å². The second kappa shape index (κ2) is 29.6. The second-order valence-corrected chi connectivity index (χ2v) is 27.1. The number of carboxylic acid groups (broad SMARTS) is 2. The maximum absolute atomic E-state index is 14.0. The van der Waals surface area contributed by atoms with Crippen LogP contribution in [0.15, 0.2) is 94.4 Å². The summed E-state index contributed by atoms with van der Waals surface area (Å²) in [6.07, 6.45) is 2.60. The summed E-state index contributed by atoms with van der Waals surface area (Å²) < 4.78 is 56.5. The summed E-state index contributed by atoms with van der Waals surface area (Å²) in [4.78, 5) is 99.0. The number of aliphatic carboxylic acids is 2. The number of carboxylic acids is 2. The molecule has 4 fully saturated rings. The summed E-state index contributed by atoms with van der Waals surface area (Å²) in [5.74, 6) is -6.26. The summed E-state index contributed by atoms with van der Waals surface area (Å²) in [5, 5.41) is 63.0. The SMILES string of the molecule is CC1(C)[C@H](NC(=O)/C(=N\O[C@@H](COc2ccc(-c3cn(C[C@@H](O)CN)[n+](CC4CNC4)c3)cc2)C(=O)O)c2csc(N)n2)C(=O)N1OS(=O)(=O)ON1C(=O)[C@@H](NC(=O)/C(=N\O[C@@H](COc2ccc(-c3cn(C[C@@H](O)CN)[n+](CC4CNC4)c3)cc2)C(=O)O)c2csc(N)n2)C1(C)C. The summed E-state index contributed by atoms with van der Waals surface area (Å²) >= 11 is 1.79. The van der Waals surface area contributed by atoms with Crippen LogP contribution in [0.2, 0.25) is 0 Å². The van der Waals surface area contributed by atoms with E-state index in [1.54, 1.807) is 48.5 Å². The van der Waals surface area contributed by atoms with E-state index in [1.807, 2.05) is 43.5 Å². The van der Waals surface area contributed by atoms with E-state index in [9.17, 15) is 57.6 Å². The molecule has 10 rings (SSSR count). The van der Waals surface area contributed by atoms with Gasteiger partial charge in [-0.05, 0) is 63.1 Å². The van der Waals surface area contributed by atoms with Crippen LogP contribution in [0, 0.1) is 11.8 Å². The largest absolute Gasteiger partial charge is 0.489 e. The van der Waals surface area contributed by atoms with Crippen LogP contribution < -0.4 is 63.0 Å². The number of ether oxygens (including phenoxy) is 2. The minimum atomic E-state index is -5.39. The molecule has 6 aromatic rings. The van der Waals surface area contributed by atoms with E-state index in [2.05, 4.69) is 41.5 Å². The van der Waals surface area contributed by atoms with Gasteiger partial charge in [0.25, 0.3) is 35.8 Å². The third-order valence-electron chi connectivity index (χ3n) is 16.2. The minimum Gasteiger partial charge on any atom is -0.489 e. The van der Waals surface area contributed by atoms with Gasteiger partial charge in [-0.3, -0.25) is 19.2 Å². The zero-order valence-electron chi connectivity index (χ0n) is 52.7. The molecule has 4 aliphatic heterocycles. The molecule has 2 aromatic carbocycles. The van der Waals surface area contributed by atoms with Gasteiger partial charge in [-0.2, -0.15) is 27.9 Å². The lowest BCUT2D eigenvalue weighted by Gasteiger charge is -2.52. The third kappa shape index (κ3) is 16.4. The molecular formula is C58H74N18O18S3+2. The quantitative estimate of drug-likeness (QED) is 0.00823. The van der Waals surface area contributed by atoms with E-state index in [0.29, 0.717) is 22.0 Å². The Kier molecular flexibility index (Phi) is 21.5. The Morgan fingerprint density at radius 2 is 1.02 bits per heavy atom. The van der Waals surface area contributed by atoms with Crippen molar-refractivity contribution < 1.29 is 94.7 Å². The van der Waals surface area contributed by atoms with Crippen molar-refractivity contribution >= 4 is 90.3 Å². The number of hydroxylamine groups is 4. The van der Waals surface area contributed by atoms with Gasteiger partial charge < -0.3 is 83.8 Å². The number of aromatic nitrogens is 6.